The molecule has 0 atom stereocenters. The van der Waals surface area contributed by atoms with Crippen LogP contribution in [0.25, 0.3) is 17.0 Å². The quantitative estimate of drug-likeness (QED) is 0.652. The smallest absolute Gasteiger partial charge is 0.264 e. The van der Waals surface area contributed by atoms with Gasteiger partial charge in [0.05, 0.1) is 10.6 Å². The van der Waals surface area contributed by atoms with Gasteiger partial charge in [0.1, 0.15) is 11.3 Å². The maximum Gasteiger partial charge on any atom is 0.264 e. The molecule has 1 N–H and O–H groups in total. The van der Waals surface area contributed by atoms with E-state index in [1.807, 2.05) is 49.4 Å². The topological polar surface area (TPSA) is 54.6 Å². The Labute approximate surface area is 156 Å². The Balaban J connectivity index is 1.64. The minimum atomic E-state index is -0.154. The number of fused-ring (bicyclic) bond motifs is 1. The summed E-state index contributed by atoms with van der Waals surface area (Å²) in [5.74, 6) is 0.522. The number of benzene rings is 2. The number of hydrogen-bond donors (Lipinski definition) is 1. The number of carbonyl (C=O) groups is 1. The lowest BCUT2D eigenvalue weighted by molar-refractivity contribution is -0.115. The van der Waals surface area contributed by atoms with Crippen molar-refractivity contribution in [2.24, 2.45) is 4.99 Å². The zero-order valence-corrected chi connectivity index (χ0v) is 15.4. The number of nitrogens with zero attached hydrogens (tertiary/aromatic N) is 1. The summed E-state index contributed by atoms with van der Waals surface area (Å²) in [7, 11) is 0. The van der Waals surface area contributed by atoms with Gasteiger partial charge in [0, 0.05) is 11.5 Å². The molecule has 4 rings (SSSR count). The van der Waals surface area contributed by atoms with Crippen molar-refractivity contribution in [3.05, 3.63) is 70.3 Å². The summed E-state index contributed by atoms with van der Waals surface area (Å²) >= 11 is 1.33. The van der Waals surface area contributed by atoms with Gasteiger partial charge in [0.15, 0.2) is 5.17 Å². The number of hydrogen-bond acceptors (Lipinski definition) is 4. The van der Waals surface area contributed by atoms with Crippen LogP contribution in [0.4, 0.5) is 5.69 Å². The van der Waals surface area contributed by atoms with Crippen LogP contribution in [0.5, 0.6) is 0 Å². The number of rotatable bonds is 3. The zero-order chi connectivity index (χ0) is 18.1. The molecule has 26 heavy (non-hydrogen) atoms. The fourth-order valence-electron chi connectivity index (χ4n) is 2.90. The Morgan fingerprint density at radius 2 is 2.04 bits per heavy atom. The van der Waals surface area contributed by atoms with Crippen LogP contribution in [-0.4, -0.2) is 11.1 Å². The Morgan fingerprint density at radius 1 is 1.19 bits per heavy atom. The first-order valence-electron chi connectivity index (χ1n) is 8.50. The largest absolute Gasteiger partial charge is 0.456 e. The minimum Gasteiger partial charge on any atom is -0.456 e. The Bertz CT molecular complexity index is 1060. The number of furan rings is 1. The van der Waals surface area contributed by atoms with E-state index in [2.05, 4.69) is 23.3 Å². The highest BCUT2D eigenvalue weighted by Crippen LogP contribution is 2.31. The Morgan fingerprint density at radius 3 is 2.85 bits per heavy atom. The van der Waals surface area contributed by atoms with Crippen LogP contribution in [-0.2, 0) is 11.2 Å². The molecule has 2 aromatic carbocycles. The molecular formula is C21H18N2O2S. The second-order valence-corrected chi connectivity index (χ2v) is 7.14. The van der Waals surface area contributed by atoms with E-state index in [0.29, 0.717) is 15.8 Å². The molecule has 1 aliphatic heterocycles. The summed E-state index contributed by atoms with van der Waals surface area (Å²) < 4.78 is 5.96. The van der Waals surface area contributed by atoms with Crippen molar-refractivity contribution < 1.29 is 9.21 Å². The molecule has 0 aliphatic carbocycles. The number of amidine groups is 1. The molecular weight excluding hydrogens is 344 g/mol. The molecule has 0 radical (unpaired) electrons. The third-order valence-corrected chi connectivity index (χ3v) is 5.20. The average molecular weight is 362 g/mol. The Hall–Kier alpha value is -2.79. The number of aliphatic imine (C=N–C) groups is 1. The highest BCUT2D eigenvalue weighted by atomic mass is 32.2. The summed E-state index contributed by atoms with van der Waals surface area (Å²) in [6.45, 7) is 4.10. The van der Waals surface area contributed by atoms with Crippen molar-refractivity contribution in [3.8, 4) is 0 Å². The van der Waals surface area contributed by atoms with Gasteiger partial charge in [-0.1, -0.05) is 43.3 Å². The summed E-state index contributed by atoms with van der Waals surface area (Å²) in [6, 6.07) is 15.9. The van der Waals surface area contributed by atoms with E-state index in [0.717, 1.165) is 34.2 Å². The summed E-state index contributed by atoms with van der Waals surface area (Å²) in [6.07, 6.45) is 2.68. The number of thioether (sulfide) groups is 1. The number of aryl methyl sites for hydroxylation is 2. The van der Waals surface area contributed by atoms with Crippen molar-refractivity contribution in [2.75, 3.05) is 0 Å². The van der Waals surface area contributed by atoms with Crippen LogP contribution < -0.4 is 5.32 Å². The Kier molecular flexibility index (Phi) is 4.39. The van der Waals surface area contributed by atoms with Gasteiger partial charge in [-0.3, -0.25) is 4.79 Å². The van der Waals surface area contributed by atoms with Crippen molar-refractivity contribution in [1.82, 2.24) is 5.32 Å². The molecule has 0 saturated carbocycles. The molecule has 1 fully saturated rings. The molecule has 1 aromatic heterocycles. The third-order valence-electron chi connectivity index (χ3n) is 4.29. The van der Waals surface area contributed by atoms with E-state index in [-0.39, 0.29) is 5.91 Å². The summed E-state index contributed by atoms with van der Waals surface area (Å²) in [4.78, 5) is 17.4. The number of amides is 1. The lowest BCUT2D eigenvalue weighted by Gasteiger charge is -1.99. The first kappa shape index (κ1) is 16.7. The zero-order valence-electron chi connectivity index (χ0n) is 14.6. The van der Waals surface area contributed by atoms with E-state index < -0.39 is 0 Å². The van der Waals surface area contributed by atoms with Crippen molar-refractivity contribution in [1.29, 1.82) is 0 Å². The van der Waals surface area contributed by atoms with E-state index >= 15 is 0 Å². The molecule has 0 unspecified atom stereocenters. The van der Waals surface area contributed by atoms with Gasteiger partial charge in [-0.2, -0.15) is 0 Å². The van der Waals surface area contributed by atoms with Crippen LogP contribution in [0, 0.1) is 6.92 Å². The van der Waals surface area contributed by atoms with Gasteiger partial charge >= 0.3 is 0 Å². The van der Waals surface area contributed by atoms with E-state index in [1.165, 1.54) is 11.8 Å². The van der Waals surface area contributed by atoms with Gasteiger partial charge in [-0.15, -0.1) is 0 Å². The van der Waals surface area contributed by atoms with Crippen LogP contribution in [0.3, 0.4) is 0 Å². The molecule has 1 amide bonds. The predicted octanol–water partition coefficient (Wildman–Crippen LogP) is 5.20. The normalized spacial score (nSPS) is 17.4. The highest BCUT2D eigenvalue weighted by Gasteiger charge is 2.24. The number of nitrogens with one attached hydrogen (secondary N) is 1. The van der Waals surface area contributed by atoms with Gasteiger partial charge < -0.3 is 9.73 Å². The van der Waals surface area contributed by atoms with E-state index in [1.54, 1.807) is 6.08 Å². The van der Waals surface area contributed by atoms with Gasteiger partial charge in [0.25, 0.3) is 5.91 Å². The second-order valence-electron chi connectivity index (χ2n) is 6.11. The van der Waals surface area contributed by atoms with Crippen molar-refractivity contribution >= 4 is 45.6 Å². The van der Waals surface area contributed by atoms with Gasteiger partial charge in [-0.05, 0) is 48.4 Å². The minimum absolute atomic E-state index is 0.154. The fourth-order valence-corrected chi connectivity index (χ4v) is 3.72. The van der Waals surface area contributed by atoms with Crippen LogP contribution in [0.1, 0.15) is 23.8 Å². The molecule has 5 heteroatoms. The van der Waals surface area contributed by atoms with Gasteiger partial charge in [0.2, 0.25) is 0 Å². The van der Waals surface area contributed by atoms with E-state index in [4.69, 9.17) is 4.42 Å². The molecule has 130 valence electrons. The number of para-hydroxylation sites is 2. The molecule has 1 saturated heterocycles. The summed E-state index contributed by atoms with van der Waals surface area (Å²) in [5, 5.41) is 4.45. The SMILES string of the molecule is CCc1cccc2cc(C=C3SC(=Nc4ccccc4C)NC3=O)oc12. The van der Waals surface area contributed by atoms with Crippen LogP contribution in [0.2, 0.25) is 0 Å². The monoisotopic (exact) mass is 362 g/mol. The van der Waals surface area contributed by atoms with E-state index in [9.17, 15) is 4.79 Å². The second kappa shape index (κ2) is 6.84. The van der Waals surface area contributed by atoms with Crippen molar-refractivity contribution in [2.45, 2.75) is 20.3 Å². The van der Waals surface area contributed by atoms with Crippen LogP contribution >= 0.6 is 11.8 Å². The lowest BCUT2D eigenvalue weighted by Crippen LogP contribution is -2.19. The highest BCUT2D eigenvalue weighted by molar-refractivity contribution is 8.18. The first-order valence-corrected chi connectivity index (χ1v) is 9.32. The standard InChI is InChI=1S/C21H18N2O2S/c1-3-14-8-6-9-15-11-16(25-19(14)15)12-18-20(24)23-21(26-18)22-17-10-5-4-7-13(17)2/h4-12H,3H2,1-2H3,(H,22,23,24). The van der Waals surface area contributed by atoms with Gasteiger partial charge in [-0.25, -0.2) is 4.99 Å². The number of carbonyl (C=O) groups excluding carboxylic acids is 1. The fraction of sp³-hybridized carbons (Fsp3) is 0.143. The predicted molar refractivity (Wildman–Crippen MR) is 108 cm³/mol. The summed E-state index contributed by atoms with van der Waals surface area (Å²) in [5.41, 5.74) is 3.97. The van der Waals surface area contributed by atoms with Crippen LogP contribution in [0.15, 0.2) is 62.8 Å². The third kappa shape index (κ3) is 3.18. The maximum atomic E-state index is 12.3. The first-order chi connectivity index (χ1) is 12.6. The molecule has 0 bridgehead atoms. The lowest BCUT2D eigenvalue weighted by atomic mass is 10.1. The van der Waals surface area contributed by atoms with Crippen molar-refractivity contribution in [3.63, 3.8) is 0 Å². The maximum absolute atomic E-state index is 12.3. The molecule has 4 nitrogen and oxygen atoms in total. The molecule has 1 aliphatic rings. The molecule has 0 spiro atoms. The average Bonchev–Trinajstić information content (AvgIpc) is 3.20. The molecule has 2 heterocycles. The molecule has 3 aromatic rings.